The number of benzene rings is 1. The Morgan fingerprint density at radius 2 is 2.05 bits per heavy atom. The van der Waals surface area contributed by atoms with Crippen molar-refractivity contribution in [1.29, 1.82) is 5.26 Å². The van der Waals surface area contributed by atoms with Gasteiger partial charge in [-0.05, 0) is 37.1 Å². The van der Waals surface area contributed by atoms with Crippen LogP contribution >= 0.6 is 0 Å². The number of hydrogen-bond donors (Lipinski definition) is 1. The van der Waals surface area contributed by atoms with Gasteiger partial charge in [0.05, 0.1) is 11.6 Å². The molecule has 104 valence electrons. The number of rotatable bonds is 2. The van der Waals surface area contributed by atoms with Gasteiger partial charge in [0.1, 0.15) is 6.04 Å². The van der Waals surface area contributed by atoms with E-state index in [2.05, 4.69) is 0 Å². The third-order valence-corrected chi connectivity index (χ3v) is 3.45. The van der Waals surface area contributed by atoms with Gasteiger partial charge < -0.3 is 10.0 Å². The van der Waals surface area contributed by atoms with E-state index in [1.165, 1.54) is 9.80 Å². The Morgan fingerprint density at radius 1 is 1.40 bits per heavy atom. The van der Waals surface area contributed by atoms with Crippen LogP contribution in [0, 0.1) is 11.3 Å². The molecule has 1 aromatic carbocycles. The number of carbonyl (C=O) groups is 2. The SMILES string of the molecule is CN(C(=O)N1CCC[C@@H]1C(=O)O)c1ccc(C#N)cc1. The van der Waals surface area contributed by atoms with Crippen molar-refractivity contribution in [3.63, 3.8) is 0 Å². The van der Waals surface area contributed by atoms with Crippen LogP contribution in [-0.2, 0) is 4.79 Å². The van der Waals surface area contributed by atoms with E-state index in [1.807, 2.05) is 6.07 Å². The quantitative estimate of drug-likeness (QED) is 0.888. The third-order valence-electron chi connectivity index (χ3n) is 3.45. The number of nitrogens with zero attached hydrogens (tertiary/aromatic N) is 3. The largest absolute Gasteiger partial charge is 0.480 e. The second-order valence-corrected chi connectivity index (χ2v) is 4.69. The zero-order chi connectivity index (χ0) is 14.7. The first kappa shape index (κ1) is 13.9. The van der Waals surface area contributed by atoms with Gasteiger partial charge in [-0.25, -0.2) is 9.59 Å². The molecule has 0 aromatic heterocycles. The molecule has 1 aliphatic rings. The minimum absolute atomic E-state index is 0.334. The van der Waals surface area contributed by atoms with Gasteiger partial charge in [0.25, 0.3) is 0 Å². The molecule has 1 aliphatic heterocycles. The minimum atomic E-state index is -0.968. The van der Waals surface area contributed by atoms with Crippen LogP contribution < -0.4 is 4.90 Å². The summed E-state index contributed by atoms with van der Waals surface area (Å²) in [6, 6.07) is 7.51. The van der Waals surface area contributed by atoms with Gasteiger partial charge in [0.15, 0.2) is 0 Å². The molecule has 0 bridgehead atoms. The molecule has 2 amide bonds. The fraction of sp³-hybridized carbons (Fsp3) is 0.357. The monoisotopic (exact) mass is 273 g/mol. The molecule has 1 N–H and O–H groups in total. The lowest BCUT2D eigenvalue weighted by molar-refractivity contribution is -0.141. The predicted molar refractivity (Wildman–Crippen MR) is 72.3 cm³/mol. The highest BCUT2D eigenvalue weighted by molar-refractivity contribution is 5.94. The van der Waals surface area contributed by atoms with Crippen LogP contribution in [0.1, 0.15) is 18.4 Å². The molecule has 0 aliphatic carbocycles. The molecule has 1 saturated heterocycles. The molecule has 0 radical (unpaired) electrons. The molecular weight excluding hydrogens is 258 g/mol. The summed E-state index contributed by atoms with van der Waals surface area (Å²) in [6.45, 7) is 0.455. The van der Waals surface area contributed by atoms with Gasteiger partial charge in [-0.15, -0.1) is 0 Å². The van der Waals surface area contributed by atoms with E-state index in [-0.39, 0.29) is 6.03 Å². The number of carboxylic acids is 1. The summed E-state index contributed by atoms with van der Waals surface area (Å²) >= 11 is 0. The van der Waals surface area contributed by atoms with Gasteiger partial charge in [-0.3, -0.25) is 4.90 Å². The maximum absolute atomic E-state index is 12.3. The van der Waals surface area contributed by atoms with E-state index >= 15 is 0 Å². The Kier molecular flexibility index (Phi) is 3.89. The van der Waals surface area contributed by atoms with E-state index in [0.717, 1.165) is 0 Å². The number of amides is 2. The molecule has 6 nitrogen and oxygen atoms in total. The van der Waals surface area contributed by atoms with Crippen molar-refractivity contribution in [1.82, 2.24) is 4.90 Å². The lowest BCUT2D eigenvalue weighted by atomic mass is 10.2. The highest BCUT2D eigenvalue weighted by Gasteiger charge is 2.35. The zero-order valence-electron chi connectivity index (χ0n) is 11.1. The Labute approximate surface area is 116 Å². The van der Waals surface area contributed by atoms with E-state index < -0.39 is 12.0 Å². The molecule has 1 heterocycles. The van der Waals surface area contributed by atoms with Crippen LogP contribution in [-0.4, -0.2) is 41.6 Å². The van der Waals surface area contributed by atoms with Crippen molar-refractivity contribution in [2.75, 3.05) is 18.5 Å². The van der Waals surface area contributed by atoms with Crippen LogP contribution in [0.4, 0.5) is 10.5 Å². The highest BCUT2D eigenvalue weighted by atomic mass is 16.4. The summed E-state index contributed by atoms with van der Waals surface area (Å²) in [5.41, 5.74) is 1.14. The number of urea groups is 1. The topological polar surface area (TPSA) is 84.6 Å². The van der Waals surface area contributed by atoms with Crippen molar-refractivity contribution in [2.45, 2.75) is 18.9 Å². The third kappa shape index (κ3) is 2.57. The van der Waals surface area contributed by atoms with Gasteiger partial charge in [-0.1, -0.05) is 0 Å². The molecule has 1 atom stereocenters. The number of nitriles is 1. The van der Waals surface area contributed by atoms with Gasteiger partial charge in [0, 0.05) is 19.3 Å². The van der Waals surface area contributed by atoms with Crippen molar-refractivity contribution in [3.8, 4) is 6.07 Å². The van der Waals surface area contributed by atoms with Crippen LogP contribution in [0.25, 0.3) is 0 Å². The van der Waals surface area contributed by atoms with E-state index in [9.17, 15) is 9.59 Å². The lowest BCUT2D eigenvalue weighted by Crippen LogP contribution is -2.46. The highest BCUT2D eigenvalue weighted by Crippen LogP contribution is 2.22. The first-order chi connectivity index (χ1) is 9.54. The zero-order valence-corrected chi connectivity index (χ0v) is 11.1. The normalized spacial score (nSPS) is 17.6. The van der Waals surface area contributed by atoms with Crippen molar-refractivity contribution >= 4 is 17.7 Å². The fourth-order valence-electron chi connectivity index (χ4n) is 2.32. The van der Waals surface area contributed by atoms with E-state index in [1.54, 1.807) is 31.3 Å². The number of carboxylic acid groups (broad SMARTS) is 1. The molecule has 0 saturated carbocycles. The molecule has 0 unspecified atom stereocenters. The van der Waals surface area contributed by atoms with E-state index in [0.29, 0.717) is 30.6 Å². The standard InChI is InChI=1S/C14H15N3O3/c1-16(11-6-4-10(9-15)5-7-11)14(20)17-8-2-3-12(17)13(18)19/h4-7,12H,2-3,8H2,1H3,(H,18,19)/t12-/m1/s1. The number of likely N-dealkylation sites (tertiary alicyclic amines) is 1. The minimum Gasteiger partial charge on any atom is -0.480 e. The average Bonchev–Trinajstić information content (AvgIpc) is 2.95. The molecule has 20 heavy (non-hydrogen) atoms. The van der Waals surface area contributed by atoms with Crippen LogP contribution in [0.3, 0.4) is 0 Å². The number of carbonyl (C=O) groups excluding carboxylic acids is 1. The summed E-state index contributed by atoms with van der Waals surface area (Å²) in [4.78, 5) is 26.2. The number of aliphatic carboxylic acids is 1. The van der Waals surface area contributed by atoms with Crippen LogP contribution in [0.5, 0.6) is 0 Å². The Balaban J connectivity index is 2.15. The Morgan fingerprint density at radius 3 is 2.60 bits per heavy atom. The summed E-state index contributed by atoms with van der Waals surface area (Å²) in [7, 11) is 1.60. The molecule has 1 fully saturated rings. The predicted octanol–water partition coefficient (Wildman–Crippen LogP) is 1.66. The molecular formula is C14H15N3O3. The summed E-state index contributed by atoms with van der Waals surface area (Å²) in [5, 5.41) is 17.8. The van der Waals surface area contributed by atoms with Crippen molar-refractivity contribution in [3.05, 3.63) is 29.8 Å². The summed E-state index contributed by atoms with van der Waals surface area (Å²) < 4.78 is 0. The van der Waals surface area contributed by atoms with Gasteiger partial charge in [0.2, 0.25) is 0 Å². The average molecular weight is 273 g/mol. The smallest absolute Gasteiger partial charge is 0.326 e. The Bertz CT molecular complexity index is 562. The molecule has 2 rings (SSSR count). The molecule has 6 heteroatoms. The van der Waals surface area contributed by atoms with Gasteiger partial charge >= 0.3 is 12.0 Å². The number of hydrogen-bond acceptors (Lipinski definition) is 3. The molecule has 1 aromatic rings. The maximum atomic E-state index is 12.3. The summed E-state index contributed by atoms with van der Waals surface area (Å²) in [6.07, 6.45) is 1.19. The van der Waals surface area contributed by atoms with Gasteiger partial charge in [-0.2, -0.15) is 5.26 Å². The second-order valence-electron chi connectivity index (χ2n) is 4.69. The first-order valence-electron chi connectivity index (χ1n) is 6.32. The van der Waals surface area contributed by atoms with Crippen LogP contribution in [0.2, 0.25) is 0 Å². The molecule has 0 spiro atoms. The van der Waals surface area contributed by atoms with Crippen LogP contribution in [0.15, 0.2) is 24.3 Å². The van der Waals surface area contributed by atoms with Crippen molar-refractivity contribution < 1.29 is 14.7 Å². The fourth-order valence-corrected chi connectivity index (χ4v) is 2.32. The summed E-state index contributed by atoms with van der Waals surface area (Å²) in [5.74, 6) is -0.968. The number of anilines is 1. The Hall–Kier alpha value is -2.55. The second kappa shape index (κ2) is 5.61. The lowest BCUT2D eigenvalue weighted by Gasteiger charge is -2.27. The van der Waals surface area contributed by atoms with Crippen molar-refractivity contribution in [2.24, 2.45) is 0 Å². The van der Waals surface area contributed by atoms with E-state index in [4.69, 9.17) is 10.4 Å². The maximum Gasteiger partial charge on any atom is 0.326 e. The first-order valence-corrected chi connectivity index (χ1v) is 6.32.